The van der Waals surface area contributed by atoms with Crippen molar-refractivity contribution in [3.8, 4) is 22.3 Å². The summed E-state index contributed by atoms with van der Waals surface area (Å²) in [6.07, 6.45) is 0. The van der Waals surface area contributed by atoms with Gasteiger partial charge in [0.2, 0.25) is 0 Å². The largest absolute Gasteiger partial charge is 0.376 e. The minimum absolute atomic E-state index is 0.124. The number of fused-ring (bicyclic) bond motifs is 10. The average molecular weight is 761 g/mol. The first-order chi connectivity index (χ1) is 29.8. The molecule has 0 saturated heterocycles. The number of benzene rings is 10. The highest BCUT2D eigenvalue weighted by Gasteiger charge is 2.53. The lowest BCUT2D eigenvalue weighted by atomic mass is 9.42. The zero-order chi connectivity index (χ0) is 39.4. The van der Waals surface area contributed by atoms with E-state index >= 15 is 0 Å². The van der Waals surface area contributed by atoms with E-state index in [1.165, 1.54) is 105 Å². The molecule has 60 heavy (non-hydrogen) atoms. The Bertz CT molecular complexity index is 3280. The van der Waals surface area contributed by atoms with Crippen LogP contribution in [0.5, 0.6) is 0 Å². The number of hydrogen-bond donors (Lipinski definition) is 0. The number of rotatable bonds is 4. The molecule has 3 heteroatoms. The van der Waals surface area contributed by atoms with E-state index in [4.69, 9.17) is 0 Å². The first-order valence-corrected chi connectivity index (χ1v) is 21.0. The number of nitrogens with zero attached hydrogens (tertiary/aromatic N) is 2. The smallest absolute Gasteiger partial charge is 0.333 e. The summed E-state index contributed by atoms with van der Waals surface area (Å²) in [4.78, 5) is 5.29. The van der Waals surface area contributed by atoms with E-state index in [9.17, 15) is 0 Å². The molecule has 0 unspecified atom stereocenters. The zero-order valence-electron chi connectivity index (χ0n) is 32.8. The summed E-state index contributed by atoms with van der Waals surface area (Å²) in [5, 5.41) is 5.01. The highest BCUT2D eigenvalue weighted by Crippen LogP contribution is 2.60. The molecule has 0 aliphatic carbocycles. The van der Waals surface area contributed by atoms with Crippen LogP contribution in [-0.2, 0) is 5.41 Å². The third kappa shape index (κ3) is 4.44. The summed E-state index contributed by atoms with van der Waals surface area (Å²) in [5.74, 6) is 0. The first kappa shape index (κ1) is 33.4. The lowest BCUT2D eigenvalue weighted by Crippen LogP contribution is -2.62. The molecule has 10 aromatic carbocycles. The number of anilines is 5. The molecule has 278 valence electrons. The molecule has 0 radical (unpaired) electrons. The lowest BCUT2D eigenvalue weighted by Gasteiger charge is -2.52. The molecule has 0 fully saturated rings. The Balaban J connectivity index is 1.19. The topological polar surface area (TPSA) is 6.48 Å². The Hall–Kier alpha value is -7.62. The Labute approximate surface area is 350 Å². The molecule has 0 saturated carbocycles. The molecule has 10 aromatic rings. The van der Waals surface area contributed by atoms with Gasteiger partial charge in [0.05, 0.1) is 11.1 Å². The third-order valence-corrected chi connectivity index (χ3v) is 13.5. The van der Waals surface area contributed by atoms with Crippen LogP contribution in [0.25, 0.3) is 43.8 Å². The van der Waals surface area contributed by atoms with Crippen LogP contribution in [0, 0.1) is 0 Å². The minimum Gasteiger partial charge on any atom is -0.376 e. The van der Waals surface area contributed by atoms with Crippen molar-refractivity contribution < 1.29 is 0 Å². The third-order valence-electron chi connectivity index (χ3n) is 13.5. The Morgan fingerprint density at radius 1 is 0.400 bits per heavy atom. The van der Waals surface area contributed by atoms with Gasteiger partial charge in [-0.3, -0.25) is 0 Å². The van der Waals surface area contributed by atoms with Crippen molar-refractivity contribution in [2.45, 2.75) is 5.41 Å². The zero-order valence-corrected chi connectivity index (χ0v) is 32.8. The maximum absolute atomic E-state index is 2.67. The Kier molecular flexibility index (Phi) is 7.06. The van der Waals surface area contributed by atoms with Gasteiger partial charge in [0, 0.05) is 33.7 Å². The summed E-state index contributed by atoms with van der Waals surface area (Å²) in [6.45, 7) is -0.124. The molecule has 3 aliphatic heterocycles. The second-order valence-corrected chi connectivity index (χ2v) is 16.4. The fourth-order valence-corrected chi connectivity index (χ4v) is 11.1. The molecule has 13 rings (SSSR count). The van der Waals surface area contributed by atoms with Gasteiger partial charge in [0.1, 0.15) is 0 Å². The van der Waals surface area contributed by atoms with Gasteiger partial charge in [0.25, 0.3) is 0 Å². The predicted octanol–water partition coefficient (Wildman–Crippen LogP) is 13.1. The summed E-state index contributed by atoms with van der Waals surface area (Å²) >= 11 is 0. The monoisotopic (exact) mass is 760 g/mol. The van der Waals surface area contributed by atoms with Gasteiger partial charge in [0.15, 0.2) is 0 Å². The van der Waals surface area contributed by atoms with Crippen LogP contribution in [0.4, 0.5) is 28.4 Å². The molecule has 2 nitrogen and oxygen atoms in total. The van der Waals surface area contributed by atoms with Gasteiger partial charge in [-0.25, -0.2) is 0 Å². The summed E-state index contributed by atoms with van der Waals surface area (Å²) < 4.78 is 0. The van der Waals surface area contributed by atoms with Crippen LogP contribution >= 0.6 is 0 Å². The quantitative estimate of drug-likeness (QED) is 0.165. The summed E-state index contributed by atoms with van der Waals surface area (Å²) in [7, 11) is 0. The summed E-state index contributed by atoms with van der Waals surface area (Å²) in [5.41, 5.74) is 18.3. The van der Waals surface area contributed by atoms with Crippen LogP contribution < -0.4 is 20.6 Å². The van der Waals surface area contributed by atoms with E-state index in [1.54, 1.807) is 0 Å². The van der Waals surface area contributed by atoms with Gasteiger partial charge < -0.3 is 9.71 Å². The molecule has 0 atom stereocenters. The molecule has 3 heterocycles. The van der Waals surface area contributed by atoms with E-state index < -0.39 is 5.41 Å². The van der Waals surface area contributed by atoms with E-state index in [0.29, 0.717) is 0 Å². The van der Waals surface area contributed by atoms with Gasteiger partial charge in [-0.2, -0.15) is 0 Å². The maximum atomic E-state index is 2.67. The van der Waals surface area contributed by atoms with Gasteiger partial charge in [-0.05, 0) is 90.3 Å². The maximum Gasteiger partial charge on any atom is 0.333 e. The van der Waals surface area contributed by atoms with Crippen molar-refractivity contribution in [1.82, 2.24) is 0 Å². The molecule has 0 aromatic heterocycles. The van der Waals surface area contributed by atoms with Crippen LogP contribution in [0.3, 0.4) is 0 Å². The first-order valence-electron chi connectivity index (χ1n) is 21.0. The molecule has 0 spiro atoms. The molecular formula is C57H37BN2. The van der Waals surface area contributed by atoms with Crippen molar-refractivity contribution in [1.29, 1.82) is 0 Å². The molecule has 0 N–H and O–H groups in total. The van der Waals surface area contributed by atoms with Crippen LogP contribution in [0.15, 0.2) is 224 Å². The second kappa shape index (κ2) is 12.7. The molecule has 0 bridgehead atoms. The highest BCUT2D eigenvalue weighted by molar-refractivity contribution is 6.94. The number of para-hydroxylation sites is 2. The van der Waals surface area contributed by atoms with Crippen LogP contribution in [0.2, 0.25) is 0 Å². The second-order valence-electron chi connectivity index (χ2n) is 16.4. The van der Waals surface area contributed by atoms with Gasteiger partial charge in [-0.1, -0.05) is 200 Å². The molecule has 3 aliphatic rings. The van der Waals surface area contributed by atoms with Crippen molar-refractivity contribution in [2.24, 2.45) is 0 Å². The van der Waals surface area contributed by atoms with Crippen molar-refractivity contribution in [3.05, 3.63) is 247 Å². The predicted molar refractivity (Wildman–Crippen MR) is 252 cm³/mol. The van der Waals surface area contributed by atoms with Crippen LogP contribution in [-0.4, -0.2) is 6.85 Å². The average Bonchev–Trinajstić information content (AvgIpc) is 3.33. The Morgan fingerprint density at radius 3 is 1.75 bits per heavy atom. The van der Waals surface area contributed by atoms with E-state index in [1.807, 2.05) is 0 Å². The Morgan fingerprint density at radius 2 is 1.00 bits per heavy atom. The van der Waals surface area contributed by atoms with Gasteiger partial charge in [-0.15, -0.1) is 0 Å². The normalized spacial score (nSPS) is 14.0. The molecular weight excluding hydrogens is 723 g/mol. The SMILES string of the molecule is c1ccc(-c2ccc(N3B4c5cccc6c5N(c5ccccc5C6(c5ccccc5)c5ccccc5)c5cc6ccccc6c(c54)-c4ccc5ccccc5c43)cc2)cc1. The standard InChI is InChI=1S/C57H37BN2/c1-4-17-38(18-5-1)39-31-34-44(35-32-39)60-55-46-26-13-10-19-40(46)33-36-47(55)53-45-25-12-11-20-41(45)37-52-54(53)58(60)50-29-16-28-49-56(50)59(52)51-30-15-14-27-48(51)57(49,42-21-6-2-7-22-42)43-23-8-3-9-24-43/h1-37H. The van der Waals surface area contributed by atoms with Crippen LogP contribution in [0.1, 0.15) is 22.3 Å². The fraction of sp³-hybridized carbons (Fsp3) is 0.0175. The minimum atomic E-state index is -0.570. The summed E-state index contributed by atoms with van der Waals surface area (Å²) in [6, 6.07) is 83.8. The lowest BCUT2D eigenvalue weighted by molar-refractivity contribution is 0.732. The highest BCUT2D eigenvalue weighted by atomic mass is 15.2. The van der Waals surface area contributed by atoms with E-state index in [0.717, 1.165) is 0 Å². The van der Waals surface area contributed by atoms with E-state index in [-0.39, 0.29) is 6.85 Å². The number of hydrogen-bond acceptors (Lipinski definition) is 2. The van der Waals surface area contributed by atoms with Crippen molar-refractivity contribution in [2.75, 3.05) is 9.71 Å². The van der Waals surface area contributed by atoms with Gasteiger partial charge >= 0.3 is 6.85 Å². The fourth-order valence-electron chi connectivity index (χ4n) is 11.1. The van der Waals surface area contributed by atoms with Crippen molar-refractivity contribution in [3.63, 3.8) is 0 Å². The van der Waals surface area contributed by atoms with Crippen molar-refractivity contribution >= 4 is 67.8 Å². The molecule has 0 amide bonds. The van der Waals surface area contributed by atoms with E-state index in [2.05, 4.69) is 234 Å².